The summed E-state index contributed by atoms with van der Waals surface area (Å²) in [4.78, 5) is 2.40. The summed E-state index contributed by atoms with van der Waals surface area (Å²) in [5, 5.41) is 7.86. The summed E-state index contributed by atoms with van der Waals surface area (Å²) in [5.41, 5.74) is 3.73. The van der Waals surface area contributed by atoms with E-state index in [-0.39, 0.29) is 0 Å². The van der Waals surface area contributed by atoms with Gasteiger partial charge in [-0.2, -0.15) is 5.10 Å². The second kappa shape index (κ2) is 7.84. The lowest BCUT2D eigenvalue weighted by Gasteiger charge is -2.17. The van der Waals surface area contributed by atoms with Crippen molar-refractivity contribution in [3.8, 4) is 0 Å². The number of likely N-dealkylation sites (N-methyl/N-ethyl adjacent to an activating group) is 1. The zero-order chi connectivity index (χ0) is 15.1. The Morgan fingerprint density at radius 1 is 1.19 bits per heavy atom. The molecule has 0 atom stereocenters. The van der Waals surface area contributed by atoms with E-state index < -0.39 is 0 Å². The van der Waals surface area contributed by atoms with Crippen LogP contribution in [0.2, 0.25) is 0 Å². The van der Waals surface area contributed by atoms with Crippen molar-refractivity contribution in [2.24, 2.45) is 0 Å². The molecule has 0 fully saturated rings. The van der Waals surface area contributed by atoms with Crippen LogP contribution in [0.1, 0.15) is 25.0 Å². The number of aromatic nitrogens is 2. The average molecular weight is 286 g/mol. The van der Waals surface area contributed by atoms with E-state index in [1.54, 1.807) is 0 Å². The molecule has 2 rings (SSSR count). The molecule has 4 heteroatoms. The van der Waals surface area contributed by atoms with E-state index in [1.165, 1.54) is 11.1 Å². The number of hydrogen-bond donors (Lipinski definition) is 1. The Balaban J connectivity index is 1.84. The molecule has 1 N–H and O–H groups in total. The number of rotatable bonds is 8. The maximum absolute atomic E-state index is 4.42. The van der Waals surface area contributed by atoms with Crippen LogP contribution in [-0.4, -0.2) is 34.3 Å². The van der Waals surface area contributed by atoms with Crippen molar-refractivity contribution in [2.45, 2.75) is 33.9 Å². The van der Waals surface area contributed by atoms with Crippen molar-refractivity contribution in [1.82, 2.24) is 14.7 Å². The Morgan fingerprint density at radius 3 is 2.67 bits per heavy atom. The van der Waals surface area contributed by atoms with Crippen LogP contribution in [0.4, 0.5) is 5.69 Å². The van der Waals surface area contributed by atoms with Crippen molar-refractivity contribution in [3.63, 3.8) is 0 Å². The first kappa shape index (κ1) is 15.6. The quantitative estimate of drug-likeness (QED) is 0.809. The molecule has 0 spiro atoms. The van der Waals surface area contributed by atoms with Gasteiger partial charge in [0.05, 0.1) is 18.4 Å². The van der Waals surface area contributed by atoms with Gasteiger partial charge >= 0.3 is 0 Å². The normalized spacial score (nSPS) is 11.0. The molecule has 1 aromatic carbocycles. The Bertz CT molecular complexity index is 543. The highest BCUT2D eigenvalue weighted by Gasteiger charge is 2.02. The van der Waals surface area contributed by atoms with E-state index in [0.29, 0.717) is 0 Å². The summed E-state index contributed by atoms with van der Waals surface area (Å²) >= 11 is 0. The molecular weight excluding hydrogens is 260 g/mol. The van der Waals surface area contributed by atoms with Gasteiger partial charge in [-0.3, -0.25) is 4.68 Å². The highest BCUT2D eigenvalue weighted by Crippen LogP contribution is 2.11. The molecule has 0 aliphatic carbocycles. The van der Waals surface area contributed by atoms with Crippen molar-refractivity contribution in [2.75, 3.05) is 25.0 Å². The third-order valence-corrected chi connectivity index (χ3v) is 3.92. The topological polar surface area (TPSA) is 33.1 Å². The molecule has 0 bridgehead atoms. The first-order chi connectivity index (χ1) is 10.2. The largest absolute Gasteiger partial charge is 0.378 e. The number of aryl methyl sites for hydroxylation is 1. The molecule has 0 aliphatic heterocycles. The van der Waals surface area contributed by atoms with E-state index >= 15 is 0 Å². The molecular formula is C17H26N4. The molecule has 1 heterocycles. The van der Waals surface area contributed by atoms with E-state index in [2.05, 4.69) is 66.5 Å². The van der Waals surface area contributed by atoms with Gasteiger partial charge in [0, 0.05) is 19.3 Å². The zero-order valence-electron chi connectivity index (χ0n) is 13.3. The molecule has 4 nitrogen and oxygen atoms in total. The minimum Gasteiger partial charge on any atom is -0.378 e. The lowest BCUT2D eigenvalue weighted by Crippen LogP contribution is -2.27. The summed E-state index contributed by atoms with van der Waals surface area (Å²) in [6, 6.07) is 8.46. The van der Waals surface area contributed by atoms with Crippen LogP contribution < -0.4 is 5.32 Å². The van der Waals surface area contributed by atoms with Crippen molar-refractivity contribution in [1.29, 1.82) is 0 Å². The van der Waals surface area contributed by atoms with Gasteiger partial charge in [0.1, 0.15) is 0 Å². The van der Waals surface area contributed by atoms with E-state index in [9.17, 15) is 0 Å². The molecule has 0 radical (unpaired) electrons. The number of nitrogens with one attached hydrogen (secondary N) is 1. The molecule has 0 saturated carbocycles. The molecule has 0 unspecified atom stereocenters. The third kappa shape index (κ3) is 4.60. The number of nitrogens with zero attached hydrogens (tertiary/aromatic N) is 3. The summed E-state index contributed by atoms with van der Waals surface area (Å²) < 4.78 is 2.01. The van der Waals surface area contributed by atoms with Gasteiger partial charge in [-0.05, 0) is 31.1 Å². The summed E-state index contributed by atoms with van der Waals surface area (Å²) in [6.45, 7) is 11.6. The Labute approximate surface area is 127 Å². The van der Waals surface area contributed by atoms with Gasteiger partial charge < -0.3 is 10.2 Å². The molecule has 114 valence electrons. The fourth-order valence-corrected chi connectivity index (χ4v) is 2.37. The first-order valence-electron chi connectivity index (χ1n) is 7.76. The molecule has 2 aromatic rings. The average Bonchev–Trinajstić information content (AvgIpc) is 2.95. The van der Waals surface area contributed by atoms with Gasteiger partial charge in [0.15, 0.2) is 0 Å². The first-order valence-corrected chi connectivity index (χ1v) is 7.76. The standard InChI is InChI=1S/C17H26N4/c1-4-20(5-2)10-11-21-14-17(13-19-21)18-12-16-9-7-6-8-15(16)3/h6-9,13-14,18H,4-5,10-12H2,1-3H3. The van der Waals surface area contributed by atoms with Gasteiger partial charge in [-0.25, -0.2) is 0 Å². The third-order valence-electron chi connectivity index (χ3n) is 3.92. The van der Waals surface area contributed by atoms with Crippen LogP contribution in [0, 0.1) is 6.92 Å². The van der Waals surface area contributed by atoms with E-state index in [4.69, 9.17) is 0 Å². The molecule has 1 aromatic heterocycles. The molecule has 0 amide bonds. The minimum atomic E-state index is 0.842. The number of anilines is 1. The highest BCUT2D eigenvalue weighted by atomic mass is 15.3. The van der Waals surface area contributed by atoms with Crippen LogP contribution in [-0.2, 0) is 13.1 Å². The Hall–Kier alpha value is -1.81. The van der Waals surface area contributed by atoms with Gasteiger partial charge in [0.2, 0.25) is 0 Å². The zero-order valence-corrected chi connectivity index (χ0v) is 13.3. The maximum Gasteiger partial charge on any atom is 0.0729 e. The Kier molecular flexibility index (Phi) is 5.81. The van der Waals surface area contributed by atoms with Crippen LogP contribution in [0.25, 0.3) is 0 Å². The van der Waals surface area contributed by atoms with Crippen molar-refractivity contribution >= 4 is 5.69 Å². The summed E-state index contributed by atoms with van der Waals surface area (Å²) in [7, 11) is 0. The maximum atomic E-state index is 4.42. The van der Waals surface area contributed by atoms with Crippen LogP contribution in [0.5, 0.6) is 0 Å². The van der Waals surface area contributed by atoms with Crippen LogP contribution in [0.15, 0.2) is 36.7 Å². The molecule has 21 heavy (non-hydrogen) atoms. The molecule has 0 saturated heterocycles. The van der Waals surface area contributed by atoms with Crippen LogP contribution >= 0.6 is 0 Å². The van der Waals surface area contributed by atoms with Crippen molar-refractivity contribution in [3.05, 3.63) is 47.8 Å². The summed E-state index contributed by atoms with van der Waals surface area (Å²) in [6.07, 6.45) is 3.99. The SMILES string of the molecule is CCN(CC)CCn1cc(NCc2ccccc2C)cn1. The molecule has 0 aliphatic rings. The lowest BCUT2D eigenvalue weighted by atomic mass is 10.1. The lowest BCUT2D eigenvalue weighted by molar-refractivity contribution is 0.285. The predicted molar refractivity (Wildman–Crippen MR) is 88.5 cm³/mol. The monoisotopic (exact) mass is 286 g/mol. The second-order valence-electron chi connectivity index (χ2n) is 5.30. The Morgan fingerprint density at radius 2 is 1.95 bits per heavy atom. The number of benzene rings is 1. The van der Waals surface area contributed by atoms with Gasteiger partial charge in [-0.15, -0.1) is 0 Å². The second-order valence-corrected chi connectivity index (χ2v) is 5.30. The fourth-order valence-electron chi connectivity index (χ4n) is 2.37. The van der Waals surface area contributed by atoms with Gasteiger partial charge in [-0.1, -0.05) is 38.1 Å². The summed E-state index contributed by atoms with van der Waals surface area (Å²) in [5.74, 6) is 0. The van der Waals surface area contributed by atoms with E-state index in [1.807, 2.05) is 10.9 Å². The van der Waals surface area contributed by atoms with E-state index in [0.717, 1.165) is 38.4 Å². The minimum absolute atomic E-state index is 0.842. The van der Waals surface area contributed by atoms with Crippen molar-refractivity contribution < 1.29 is 0 Å². The van der Waals surface area contributed by atoms with Crippen LogP contribution in [0.3, 0.4) is 0 Å². The smallest absolute Gasteiger partial charge is 0.0729 e. The fraction of sp³-hybridized carbons (Fsp3) is 0.471. The number of hydrogen-bond acceptors (Lipinski definition) is 3. The predicted octanol–water partition coefficient (Wildman–Crippen LogP) is 3.15. The van der Waals surface area contributed by atoms with Gasteiger partial charge in [0.25, 0.3) is 0 Å². The highest BCUT2D eigenvalue weighted by molar-refractivity contribution is 5.40.